The molecule has 6 nitrogen and oxygen atoms in total. The van der Waals surface area contributed by atoms with Crippen LogP contribution in [0.25, 0.3) is 0 Å². The summed E-state index contributed by atoms with van der Waals surface area (Å²) in [6.07, 6.45) is 0. The maximum Gasteiger partial charge on any atom is 0.397 e. The second kappa shape index (κ2) is 19.6. The SMILES string of the molecule is CC(C)c1ccc(OP2OCC3(CO2)COP(Oc2ccc(C(C)(C)c4ccccc4)cc2C(C)(C)c2ccccc2)OC3)c(C(C)(C)c2ccccc2)c1.Cc1ccccc1. The molecular weight excluding hydrogens is 807 g/mol. The van der Waals surface area contributed by atoms with E-state index in [-0.39, 0.29) is 16.2 Å². The van der Waals surface area contributed by atoms with Gasteiger partial charge in [-0.3, -0.25) is 0 Å². The Bertz CT molecular complexity index is 2330. The zero-order chi connectivity index (χ0) is 44.0. The molecule has 0 aromatic heterocycles. The van der Waals surface area contributed by atoms with Gasteiger partial charge in [-0.15, -0.1) is 0 Å². The molecule has 0 amide bonds. The molecule has 0 unspecified atom stereocenters. The van der Waals surface area contributed by atoms with Crippen LogP contribution in [0, 0.1) is 12.3 Å². The van der Waals surface area contributed by atoms with Crippen molar-refractivity contribution < 1.29 is 27.1 Å². The molecule has 2 saturated heterocycles. The first kappa shape index (κ1) is 45.6. The first-order valence-corrected chi connectivity index (χ1v) is 23.8. The maximum atomic E-state index is 6.63. The molecule has 0 N–H and O–H groups in total. The number of benzene rings is 6. The highest BCUT2D eigenvalue weighted by atomic mass is 31.2. The standard InChI is InChI=1S/C47H54O6P2.C7H8/c1-34(2)35-24-26-42(40(28-35)45(5,6)37-20-14-10-15-21-37)52-54-48-30-47(31-49-54)32-50-55(51-33-47)53-43-27-25-39(44(3,4)36-18-12-9-13-19-36)29-41(43)46(7,8)38-22-16-11-17-23-38;1-7-5-3-2-4-6-7/h9-29,34H,30-33H2,1-8H3;2-6H,1H3. The van der Waals surface area contributed by atoms with Gasteiger partial charge in [0.2, 0.25) is 0 Å². The van der Waals surface area contributed by atoms with E-state index in [9.17, 15) is 0 Å². The number of rotatable bonds is 11. The lowest BCUT2D eigenvalue weighted by Crippen LogP contribution is -2.45. The summed E-state index contributed by atoms with van der Waals surface area (Å²) >= 11 is 0. The maximum absolute atomic E-state index is 6.63. The van der Waals surface area contributed by atoms with E-state index in [2.05, 4.69) is 196 Å². The summed E-state index contributed by atoms with van der Waals surface area (Å²) in [4.78, 5) is 0. The van der Waals surface area contributed by atoms with Crippen LogP contribution in [0.15, 0.2) is 158 Å². The van der Waals surface area contributed by atoms with Crippen LogP contribution in [0.2, 0.25) is 0 Å². The smallest absolute Gasteiger partial charge is 0.397 e. The summed E-state index contributed by atoms with van der Waals surface area (Å²) in [5.41, 5.74) is 8.37. The first-order chi connectivity index (χ1) is 29.7. The Kier molecular flexibility index (Phi) is 14.4. The second-order valence-electron chi connectivity index (χ2n) is 18.5. The van der Waals surface area contributed by atoms with Crippen molar-refractivity contribution in [3.63, 3.8) is 0 Å². The predicted octanol–water partition coefficient (Wildman–Crippen LogP) is 14.8. The molecule has 2 heterocycles. The minimum Gasteiger partial charge on any atom is -0.426 e. The van der Waals surface area contributed by atoms with Crippen molar-refractivity contribution in [2.24, 2.45) is 5.41 Å². The highest BCUT2D eigenvalue weighted by Gasteiger charge is 2.45. The molecular formula is C54H62O6P2. The Labute approximate surface area is 372 Å². The Morgan fingerprint density at radius 2 is 0.823 bits per heavy atom. The monoisotopic (exact) mass is 868 g/mol. The zero-order valence-electron chi connectivity index (χ0n) is 37.8. The first-order valence-electron chi connectivity index (χ1n) is 21.6. The normalized spacial score (nSPS) is 19.4. The number of aryl methyl sites for hydroxylation is 1. The molecule has 0 saturated carbocycles. The average Bonchev–Trinajstić information content (AvgIpc) is 3.29. The summed E-state index contributed by atoms with van der Waals surface area (Å²) < 4.78 is 38.4. The quantitative estimate of drug-likeness (QED) is 0.121. The molecule has 0 aliphatic carbocycles. The lowest BCUT2D eigenvalue weighted by molar-refractivity contribution is -0.0673. The molecule has 0 bridgehead atoms. The van der Waals surface area contributed by atoms with Crippen LogP contribution < -0.4 is 9.05 Å². The van der Waals surface area contributed by atoms with Crippen LogP contribution in [-0.4, -0.2) is 26.4 Å². The minimum absolute atomic E-state index is 0.210. The topological polar surface area (TPSA) is 55.4 Å². The molecule has 62 heavy (non-hydrogen) atoms. The molecule has 2 fully saturated rings. The van der Waals surface area contributed by atoms with Crippen molar-refractivity contribution in [1.82, 2.24) is 0 Å². The highest BCUT2D eigenvalue weighted by molar-refractivity contribution is 7.42. The third-order valence-corrected chi connectivity index (χ3v) is 14.4. The van der Waals surface area contributed by atoms with Gasteiger partial charge in [-0.2, -0.15) is 0 Å². The van der Waals surface area contributed by atoms with E-state index in [4.69, 9.17) is 27.1 Å². The molecule has 6 aromatic rings. The summed E-state index contributed by atoms with van der Waals surface area (Å²) in [6, 6.07) is 55.1. The molecule has 0 atom stereocenters. The van der Waals surface area contributed by atoms with Crippen LogP contribution in [0.3, 0.4) is 0 Å². The Morgan fingerprint density at radius 1 is 0.452 bits per heavy atom. The van der Waals surface area contributed by atoms with Crippen molar-refractivity contribution in [1.29, 1.82) is 0 Å². The molecule has 8 heteroatoms. The van der Waals surface area contributed by atoms with Crippen LogP contribution >= 0.6 is 17.2 Å². The van der Waals surface area contributed by atoms with E-state index in [1.165, 1.54) is 33.4 Å². The van der Waals surface area contributed by atoms with Gasteiger partial charge in [-0.25, -0.2) is 0 Å². The molecule has 6 aromatic carbocycles. The van der Waals surface area contributed by atoms with Crippen LogP contribution in [0.1, 0.15) is 106 Å². The largest absolute Gasteiger partial charge is 0.426 e. The van der Waals surface area contributed by atoms with Crippen molar-refractivity contribution in [3.8, 4) is 11.5 Å². The molecule has 324 valence electrons. The van der Waals surface area contributed by atoms with Crippen molar-refractivity contribution in [3.05, 3.63) is 202 Å². The molecule has 0 radical (unpaired) electrons. The average molecular weight is 869 g/mol. The van der Waals surface area contributed by atoms with Gasteiger partial charge in [0, 0.05) is 27.4 Å². The predicted molar refractivity (Wildman–Crippen MR) is 255 cm³/mol. The highest BCUT2D eigenvalue weighted by Crippen LogP contribution is 2.55. The van der Waals surface area contributed by atoms with E-state index in [1.54, 1.807) is 0 Å². The molecule has 2 aliphatic rings. The van der Waals surface area contributed by atoms with Gasteiger partial charge in [0.05, 0.1) is 31.8 Å². The number of hydrogen-bond acceptors (Lipinski definition) is 6. The Balaban J connectivity index is 0.000000752. The molecule has 1 spiro atoms. The van der Waals surface area contributed by atoms with E-state index < -0.39 is 22.6 Å². The van der Waals surface area contributed by atoms with Crippen LogP contribution in [0.5, 0.6) is 11.5 Å². The van der Waals surface area contributed by atoms with Crippen molar-refractivity contribution in [2.45, 2.75) is 84.5 Å². The van der Waals surface area contributed by atoms with E-state index in [0.717, 1.165) is 22.6 Å². The summed E-state index contributed by atoms with van der Waals surface area (Å²) in [6.45, 7) is 21.6. The van der Waals surface area contributed by atoms with E-state index >= 15 is 0 Å². The molecule has 8 rings (SSSR count). The van der Waals surface area contributed by atoms with Crippen molar-refractivity contribution >= 4 is 17.2 Å². The fraction of sp³-hybridized carbons (Fsp3) is 0.333. The van der Waals surface area contributed by atoms with E-state index in [0.29, 0.717) is 32.3 Å². The fourth-order valence-electron chi connectivity index (χ4n) is 7.89. The van der Waals surface area contributed by atoms with E-state index in [1.807, 2.05) is 24.3 Å². The van der Waals surface area contributed by atoms with Gasteiger partial charge >= 0.3 is 17.2 Å². The third kappa shape index (κ3) is 10.5. The van der Waals surface area contributed by atoms with Gasteiger partial charge in [0.15, 0.2) is 0 Å². The van der Waals surface area contributed by atoms with Crippen molar-refractivity contribution in [2.75, 3.05) is 26.4 Å². The van der Waals surface area contributed by atoms with Gasteiger partial charge in [-0.1, -0.05) is 207 Å². The van der Waals surface area contributed by atoms with Gasteiger partial charge < -0.3 is 27.1 Å². The Hall–Kier alpha value is -4.38. The number of hydrogen-bond donors (Lipinski definition) is 0. The summed E-state index contributed by atoms with van der Waals surface area (Å²) in [5, 5.41) is 0. The Morgan fingerprint density at radius 3 is 1.21 bits per heavy atom. The lowest BCUT2D eigenvalue weighted by atomic mass is 9.73. The van der Waals surface area contributed by atoms with Crippen LogP contribution in [-0.2, 0) is 34.3 Å². The lowest BCUT2D eigenvalue weighted by Gasteiger charge is -2.41. The summed E-state index contributed by atoms with van der Waals surface area (Å²) in [5.74, 6) is 1.93. The van der Waals surface area contributed by atoms with Gasteiger partial charge in [-0.05, 0) is 52.8 Å². The summed E-state index contributed by atoms with van der Waals surface area (Å²) in [7, 11) is -3.26. The third-order valence-electron chi connectivity index (χ3n) is 12.4. The minimum atomic E-state index is -1.65. The van der Waals surface area contributed by atoms with Crippen LogP contribution in [0.4, 0.5) is 0 Å². The van der Waals surface area contributed by atoms with Gasteiger partial charge in [0.25, 0.3) is 0 Å². The fourth-order valence-corrected chi connectivity index (χ4v) is 10.4. The second-order valence-corrected chi connectivity index (χ2v) is 20.8. The molecule has 2 aliphatic heterocycles. The van der Waals surface area contributed by atoms with Gasteiger partial charge in [0.1, 0.15) is 11.5 Å². The zero-order valence-corrected chi connectivity index (χ0v) is 39.5.